The fraction of sp³-hybridized carbons (Fsp3) is 0.269. The molecule has 2 aromatic carbocycles. The van der Waals surface area contributed by atoms with E-state index in [9.17, 15) is 9.59 Å². The number of nitrogens with zero attached hydrogens (tertiary/aromatic N) is 2. The van der Waals surface area contributed by atoms with E-state index in [4.69, 9.17) is 22.3 Å². The summed E-state index contributed by atoms with van der Waals surface area (Å²) in [5.41, 5.74) is 11.1. The Morgan fingerprint density at radius 2 is 1.88 bits per heavy atom. The van der Waals surface area contributed by atoms with E-state index in [0.717, 1.165) is 64.5 Å². The lowest BCUT2D eigenvalue weighted by Crippen LogP contribution is -2.44. The number of para-hydroxylation sites is 1. The summed E-state index contributed by atoms with van der Waals surface area (Å²) in [5, 5.41) is 1.57. The third-order valence-electron chi connectivity index (χ3n) is 6.48. The quantitative estimate of drug-likeness (QED) is 0.634. The van der Waals surface area contributed by atoms with Crippen LogP contribution in [-0.4, -0.2) is 34.8 Å². The summed E-state index contributed by atoms with van der Waals surface area (Å²) in [6.07, 6.45) is 5.24. The van der Waals surface area contributed by atoms with Crippen molar-refractivity contribution < 1.29 is 9.59 Å². The maximum absolute atomic E-state index is 13.8. The monoisotopic (exact) mass is 445 g/mol. The van der Waals surface area contributed by atoms with Crippen LogP contribution in [0.5, 0.6) is 0 Å². The number of pyridine rings is 1. The van der Waals surface area contributed by atoms with Crippen LogP contribution in [0, 0.1) is 5.92 Å². The van der Waals surface area contributed by atoms with Crippen LogP contribution in [0.15, 0.2) is 48.5 Å². The Bertz CT molecular complexity index is 1250. The number of likely N-dealkylation sites (tertiary alicyclic amines) is 1. The zero-order chi connectivity index (χ0) is 22.2. The minimum atomic E-state index is -0.333. The largest absolute Gasteiger partial charge is 0.369 e. The number of fused-ring (bicyclic) bond motifs is 2. The summed E-state index contributed by atoms with van der Waals surface area (Å²) in [6, 6.07) is 15.5. The van der Waals surface area contributed by atoms with Crippen molar-refractivity contribution >= 4 is 46.0 Å². The van der Waals surface area contributed by atoms with Gasteiger partial charge in [0, 0.05) is 23.5 Å². The van der Waals surface area contributed by atoms with Gasteiger partial charge in [-0.05, 0) is 66.7 Å². The Labute approximate surface area is 191 Å². The summed E-state index contributed by atoms with van der Waals surface area (Å²) in [6.45, 7) is 1.02. The molecule has 0 spiro atoms. The average Bonchev–Trinajstić information content (AvgIpc) is 3.20. The zero-order valence-electron chi connectivity index (χ0n) is 17.7. The molecule has 32 heavy (non-hydrogen) atoms. The molecule has 0 bridgehead atoms. The van der Waals surface area contributed by atoms with E-state index in [0.29, 0.717) is 18.1 Å². The second-order valence-electron chi connectivity index (χ2n) is 8.54. The van der Waals surface area contributed by atoms with Crippen LogP contribution in [-0.2, 0) is 11.2 Å². The summed E-state index contributed by atoms with van der Waals surface area (Å²) >= 11 is 6.03. The zero-order valence-corrected chi connectivity index (χ0v) is 18.4. The molecule has 1 fully saturated rings. The van der Waals surface area contributed by atoms with Crippen molar-refractivity contribution in [3.8, 4) is 0 Å². The fourth-order valence-electron chi connectivity index (χ4n) is 4.84. The summed E-state index contributed by atoms with van der Waals surface area (Å²) in [7, 11) is 0. The number of carbonyl (C=O) groups is 2. The van der Waals surface area contributed by atoms with Gasteiger partial charge in [-0.1, -0.05) is 41.9 Å². The van der Waals surface area contributed by atoms with Crippen LogP contribution in [0.1, 0.15) is 46.4 Å². The van der Waals surface area contributed by atoms with Gasteiger partial charge in [0.25, 0.3) is 5.91 Å². The summed E-state index contributed by atoms with van der Waals surface area (Å²) in [5.74, 6) is -0.645. The number of carbonyl (C=O) groups excluding carboxylic acids is 2. The number of hydrogen-bond donors (Lipinski definition) is 1. The number of primary amides is 1. The summed E-state index contributed by atoms with van der Waals surface area (Å²) in [4.78, 5) is 32.2. The SMILES string of the molecule is NC(=O)C1CCCN(C(=O)c2c3c(nc4ccccc24)C(=Cc2ccc(Cl)cc2)CC3)C1. The maximum atomic E-state index is 13.8. The molecule has 162 valence electrons. The van der Waals surface area contributed by atoms with Crippen LogP contribution in [0.4, 0.5) is 0 Å². The average molecular weight is 446 g/mol. The predicted octanol–water partition coefficient (Wildman–Crippen LogP) is 4.71. The highest BCUT2D eigenvalue weighted by atomic mass is 35.5. The highest BCUT2D eigenvalue weighted by molar-refractivity contribution is 6.30. The molecule has 0 radical (unpaired) electrons. The highest BCUT2D eigenvalue weighted by Crippen LogP contribution is 2.38. The second-order valence-corrected chi connectivity index (χ2v) is 8.98. The number of hydrogen-bond acceptors (Lipinski definition) is 3. The van der Waals surface area contributed by atoms with E-state index in [2.05, 4.69) is 6.08 Å². The van der Waals surface area contributed by atoms with Crippen LogP contribution in [0.2, 0.25) is 5.02 Å². The topological polar surface area (TPSA) is 76.3 Å². The van der Waals surface area contributed by atoms with Crippen molar-refractivity contribution in [2.75, 3.05) is 13.1 Å². The van der Waals surface area contributed by atoms with Gasteiger partial charge in [0.1, 0.15) is 0 Å². The first-order valence-corrected chi connectivity index (χ1v) is 11.4. The number of allylic oxidation sites excluding steroid dienone is 1. The van der Waals surface area contributed by atoms with Crippen LogP contribution in [0.3, 0.4) is 0 Å². The third-order valence-corrected chi connectivity index (χ3v) is 6.73. The van der Waals surface area contributed by atoms with Gasteiger partial charge in [-0.2, -0.15) is 0 Å². The summed E-state index contributed by atoms with van der Waals surface area (Å²) < 4.78 is 0. The molecule has 1 aromatic heterocycles. The van der Waals surface area contributed by atoms with Crippen molar-refractivity contribution in [1.82, 2.24) is 9.88 Å². The van der Waals surface area contributed by atoms with Crippen molar-refractivity contribution in [3.05, 3.63) is 75.9 Å². The Kier molecular flexibility index (Phi) is 5.43. The van der Waals surface area contributed by atoms with E-state index < -0.39 is 0 Å². The molecule has 1 saturated heterocycles. The molecule has 0 saturated carbocycles. The Morgan fingerprint density at radius 3 is 2.66 bits per heavy atom. The fourth-order valence-corrected chi connectivity index (χ4v) is 4.96. The van der Waals surface area contributed by atoms with Gasteiger partial charge in [-0.25, -0.2) is 4.98 Å². The molecule has 3 aromatic rings. The lowest BCUT2D eigenvalue weighted by atomic mass is 9.94. The van der Waals surface area contributed by atoms with Gasteiger partial charge in [-0.3, -0.25) is 9.59 Å². The number of piperidine rings is 1. The first-order valence-electron chi connectivity index (χ1n) is 11.0. The molecule has 1 unspecified atom stereocenters. The smallest absolute Gasteiger partial charge is 0.254 e. The van der Waals surface area contributed by atoms with Crippen LogP contribution in [0.25, 0.3) is 22.6 Å². The van der Waals surface area contributed by atoms with Gasteiger partial charge >= 0.3 is 0 Å². The number of amides is 2. The molecule has 1 atom stereocenters. The molecule has 2 aliphatic rings. The highest BCUT2D eigenvalue weighted by Gasteiger charge is 2.32. The molecule has 5 nitrogen and oxygen atoms in total. The maximum Gasteiger partial charge on any atom is 0.254 e. The van der Waals surface area contributed by atoms with Crippen LogP contribution >= 0.6 is 11.6 Å². The predicted molar refractivity (Wildman–Crippen MR) is 127 cm³/mol. The number of nitrogens with two attached hydrogens (primary N) is 1. The molecule has 2 amide bonds. The van der Waals surface area contributed by atoms with Gasteiger partial charge < -0.3 is 10.6 Å². The Morgan fingerprint density at radius 1 is 1.09 bits per heavy atom. The Balaban J connectivity index is 1.60. The van der Waals surface area contributed by atoms with Gasteiger partial charge in [-0.15, -0.1) is 0 Å². The number of rotatable bonds is 3. The lowest BCUT2D eigenvalue weighted by molar-refractivity contribution is -0.123. The molecule has 6 heteroatoms. The minimum absolute atomic E-state index is 0.0291. The first-order chi connectivity index (χ1) is 15.5. The molecule has 2 N–H and O–H groups in total. The standard InChI is InChI=1S/C26H24ClN3O2/c27-19-10-7-16(8-11-19)14-17-9-12-21-23(20-5-1-2-6-22(20)29-24(17)21)26(32)30-13-3-4-18(15-30)25(28)31/h1-2,5-8,10-11,14,18H,3-4,9,12-13,15H2,(H2,28,31). The van der Waals surface area contributed by atoms with E-state index in [1.165, 1.54) is 0 Å². The molecule has 1 aliphatic heterocycles. The van der Waals surface area contributed by atoms with E-state index in [1.54, 1.807) is 4.90 Å². The van der Waals surface area contributed by atoms with Gasteiger partial charge in [0.05, 0.1) is 22.7 Å². The molecule has 5 rings (SSSR count). The molecule has 1 aliphatic carbocycles. The van der Waals surface area contributed by atoms with Crippen molar-refractivity contribution in [2.24, 2.45) is 11.7 Å². The van der Waals surface area contributed by atoms with Crippen molar-refractivity contribution in [2.45, 2.75) is 25.7 Å². The normalized spacial score (nSPS) is 19.3. The number of halogens is 1. The lowest BCUT2D eigenvalue weighted by Gasteiger charge is -2.32. The van der Waals surface area contributed by atoms with E-state index >= 15 is 0 Å². The number of aromatic nitrogens is 1. The van der Waals surface area contributed by atoms with Gasteiger partial charge in [0.2, 0.25) is 5.91 Å². The van der Waals surface area contributed by atoms with E-state index in [1.807, 2.05) is 48.5 Å². The molecular formula is C26H24ClN3O2. The third kappa shape index (κ3) is 3.78. The van der Waals surface area contributed by atoms with Crippen molar-refractivity contribution in [3.63, 3.8) is 0 Å². The second kappa shape index (κ2) is 8.40. The molecular weight excluding hydrogens is 422 g/mol. The molecule has 2 heterocycles. The van der Waals surface area contributed by atoms with E-state index in [-0.39, 0.29) is 17.7 Å². The number of benzene rings is 2. The minimum Gasteiger partial charge on any atom is -0.369 e. The first kappa shape index (κ1) is 20.7. The van der Waals surface area contributed by atoms with Crippen molar-refractivity contribution in [1.29, 1.82) is 0 Å². The van der Waals surface area contributed by atoms with Crippen LogP contribution < -0.4 is 5.73 Å². The Hall–Kier alpha value is -3.18. The van der Waals surface area contributed by atoms with Gasteiger partial charge in [0.15, 0.2) is 0 Å².